The van der Waals surface area contributed by atoms with Gasteiger partial charge in [0.15, 0.2) is 0 Å². The van der Waals surface area contributed by atoms with Gasteiger partial charge in [-0.05, 0) is 42.4 Å². The Morgan fingerprint density at radius 2 is 2.11 bits per heavy atom. The number of ether oxygens (including phenoxy) is 1. The number of benzene rings is 1. The summed E-state index contributed by atoms with van der Waals surface area (Å²) in [5.74, 6) is 2.61. The van der Waals surface area contributed by atoms with E-state index in [0.717, 1.165) is 24.1 Å². The van der Waals surface area contributed by atoms with Gasteiger partial charge in [-0.2, -0.15) is 0 Å². The van der Waals surface area contributed by atoms with Crippen LogP contribution in [0.3, 0.4) is 0 Å². The molecule has 2 rings (SSSR count). The molecule has 18 heavy (non-hydrogen) atoms. The monoisotopic (exact) mass is 247 g/mol. The standard InChI is InChI=1S/C16H25NO/c1-12-7-8-13(2)16(9-12)17-11-14-5-4-6-15(10-14)18-3/h4-6,10,12-13,16-17H,7-9,11H2,1-3H3. The van der Waals surface area contributed by atoms with E-state index in [9.17, 15) is 0 Å². The molecule has 1 aliphatic carbocycles. The number of hydrogen-bond acceptors (Lipinski definition) is 2. The summed E-state index contributed by atoms with van der Waals surface area (Å²) in [5, 5.41) is 3.71. The Labute approximate surface area is 111 Å². The van der Waals surface area contributed by atoms with E-state index in [1.165, 1.54) is 24.8 Å². The molecule has 1 saturated carbocycles. The van der Waals surface area contributed by atoms with Gasteiger partial charge in [-0.1, -0.05) is 32.4 Å². The van der Waals surface area contributed by atoms with E-state index in [1.54, 1.807) is 7.11 Å². The highest BCUT2D eigenvalue weighted by Crippen LogP contribution is 2.28. The minimum Gasteiger partial charge on any atom is -0.497 e. The molecule has 0 radical (unpaired) electrons. The predicted octanol–water partition coefficient (Wildman–Crippen LogP) is 3.61. The fraction of sp³-hybridized carbons (Fsp3) is 0.625. The van der Waals surface area contributed by atoms with Crippen LogP contribution >= 0.6 is 0 Å². The van der Waals surface area contributed by atoms with E-state index in [-0.39, 0.29) is 0 Å². The molecule has 1 aromatic carbocycles. The molecule has 0 aliphatic heterocycles. The van der Waals surface area contributed by atoms with Crippen molar-refractivity contribution in [3.05, 3.63) is 29.8 Å². The summed E-state index contributed by atoms with van der Waals surface area (Å²) in [6.07, 6.45) is 4.06. The van der Waals surface area contributed by atoms with Gasteiger partial charge in [0, 0.05) is 12.6 Å². The SMILES string of the molecule is COc1cccc(CNC2CC(C)CCC2C)c1. The maximum Gasteiger partial charge on any atom is 0.119 e. The van der Waals surface area contributed by atoms with E-state index in [1.807, 2.05) is 6.07 Å². The second kappa shape index (κ2) is 6.24. The fourth-order valence-electron chi connectivity index (χ4n) is 2.85. The maximum atomic E-state index is 5.26. The summed E-state index contributed by atoms with van der Waals surface area (Å²) < 4.78 is 5.26. The smallest absolute Gasteiger partial charge is 0.119 e. The van der Waals surface area contributed by atoms with Gasteiger partial charge in [-0.15, -0.1) is 0 Å². The van der Waals surface area contributed by atoms with E-state index in [0.29, 0.717) is 6.04 Å². The van der Waals surface area contributed by atoms with Crippen molar-refractivity contribution in [2.24, 2.45) is 11.8 Å². The molecule has 0 heterocycles. The first-order valence-electron chi connectivity index (χ1n) is 7.05. The Hall–Kier alpha value is -1.02. The summed E-state index contributed by atoms with van der Waals surface area (Å²) in [4.78, 5) is 0. The van der Waals surface area contributed by atoms with Crippen LogP contribution in [0.25, 0.3) is 0 Å². The zero-order valence-electron chi connectivity index (χ0n) is 11.8. The third-order valence-electron chi connectivity index (χ3n) is 4.16. The molecule has 0 saturated heterocycles. The first-order chi connectivity index (χ1) is 8.69. The quantitative estimate of drug-likeness (QED) is 0.877. The Bertz CT molecular complexity index is 377. The second-order valence-electron chi connectivity index (χ2n) is 5.73. The highest BCUT2D eigenvalue weighted by Gasteiger charge is 2.24. The predicted molar refractivity (Wildman–Crippen MR) is 75.8 cm³/mol. The van der Waals surface area contributed by atoms with Crippen molar-refractivity contribution in [2.45, 2.75) is 45.7 Å². The molecule has 100 valence electrons. The van der Waals surface area contributed by atoms with Gasteiger partial charge in [0.2, 0.25) is 0 Å². The van der Waals surface area contributed by atoms with Crippen LogP contribution < -0.4 is 10.1 Å². The first-order valence-corrected chi connectivity index (χ1v) is 7.05. The van der Waals surface area contributed by atoms with Gasteiger partial charge in [-0.3, -0.25) is 0 Å². The molecule has 2 nitrogen and oxygen atoms in total. The van der Waals surface area contributed by atoms with Crippen LogP contribution in [0.5, 0.6) is 5.75 Å². The molecule has 3 atom stereocenters. The number of methoxy groups -OCH3 is 1. The topological polar surface area (TPSA) is 21.3 Å². The zero-order valence-corrected chi connectivity index (χ0v) is 11.8. The molecule has 0 bridgehead atoms. The Morgan fingerprint density at radius 3 is 2.89 bits per heavy atom. The van der Waals surface area contributed by atoms with Crippen molar-refractivity contribution >= 4 is 0 Å². The van der Waals surface area contributed by atoms with E-state index in [2.05, 4.69) is 37.4 Å². The molecular formula is C16H25NO. The van der Waals surface area contributed by atoms with E-state index >= 15 is 0 Å². The summed E-state index contributed by atoms with van der Waals surface area (Å²) in [6.45, 7) is 5.68. The van der Waals surface area contributed by atoms with Crippen LogP contribution in [-0.2, 0) is 6.54 Å². The van der Waals surface area contributed by atoms with Crippen LogP contribution in [0.1, 0.15) is 38.7 Å². The molecular weight excluding hydrogens is 222 g/mol. The Morgan fingerprint density at radius 1 is 1.28 bits per heavy atom. The molecule has 1 N–H and O–H groups in total. The van der Waals surface area contributed by atoms with Crippen LogP contribution in [0, 0.1) is 11.8 Å². The van der Waals surface area contributed by atoms with Crippen LogP contribution in [0.15, 0.2) is 24.3 Å². The van der Waals surface area contributed by atoms with E-state index < -0.39 is 0 Å². The molecule has 1 fully saturated rings. The van der Waals surface area contributed by atoms with E-state index in [4.69, 9.17) is 4.74 Å². The largest absolute Gasteiger partial charge is 0.497 e. The first kappa shape index (κ1) is 13.4. The van der Waals surface area contributed by atoms with Gasteiger partial charge in [0.25, 0.3) is 0 Å². The second-order valence-corrected chi connectivity index (χ2v) is 5.73. The highest BCUT2D eigenvalue weighted by molar-refractivity contribution is 5.28. The van der Waals surface area contributed by atoms with Crippen molar-refractivity contribution < 1.29 is 4.74 Å². The molecule has 2 heteroatoms. The lowest BCUT2D eigenvalue weighted by Gasteiger charge is -2.33. The molecule has 0 spiro atoms. The molecule has 0 aromatic heterocycles. The van der Waals surface area contributed by atoms with Crippen molar-refractivity contribution in [1.29, 1.82) is 0 Å². The average Bonchev–Trinajstić information content (AvgIpc) is 2.40. The number of nitrogens with one attached hydrogen (secondary N) is 1. The average molecular weight is 247 g/mol. The minimum absolute atomic E-state index is 0.667. The molecule has 3 unspecified atom stereocenters. The highest BCUT2D eigenvalue weighted by atomic mass is 16.5. The number of hydrogen-bond donors (Lipinski definition) is 1. The summed E-state index contributed by atoms with van der Waals surface area (Å²) in [5.41, 5.74) is 1.31. The van der Waals surface area contributed by atoms with Crippen LogP contribution in [-0.4, -0.2) is 13.2 Å². The number of rotatable bonds is 4. The normalized spacial score (nSPS) is 28.1. The molecule has 0 amide bonds. The lowest BCUT2D eigenvalue weighted by molar-refractivity contribution is 0.227. The van der Waals surface area contributed by atoms with Crippen molar-refractivity contribution in [2.75, 3.05) is 7.11 Å². The third-order valence-corrected chi connectivity index (χ3v) is 4.16. The zero-order chi connectivity index (χ0) is 13.0. The van der Waals surface area contributed by atoms with Crippen molar-refractivity contribution in [3.63, 3.8) is 0 Å². The Kier molecular flexibility index (Phi) is 4.65. The van der Waals surface area contributed by atoms with Gasteiger partial charge >= 0.3 is 0 Å². The maximum absolute atomic E-state index is 5.26. The summed E-state index contributed by atoms with van der Waals surface area (Å²) >= 11 is 0. The van der Waals surface area contributed by atoms with Gasteiger partial charge in [0.1, 0.15) is 5.75 Å². The third kappa shape index (κ3) is 3.49. The van der Waals surface area contributed by atoms with Gasteiger partial charge in [-0.25, -0.2) is 0 Å². The summed E-state index contributed by atoms with van der Waals surface area (Å²) in [6, 6.07) is 8.99. The van der Waals surface area contributed by atoms with Crippen molar-refractivity contribution in [3.8, 4) is 5.75 Å². The lowest BCUT2D eigenvalue weighted by atomic mass is 9.80. The molecule has 1 aromatic rings. The van der Waals surface area contributed by atoms with Crippen molar-refractivity contribution in [1.82, 2.24) is 5.32 Å². The summed E-state index contributed by atoms with van der Waals surface area (Å²) in [7, 11) is 1.72. The molecule has 1 aliphatic rings. The Balaban J connectivity index is 1.89. The van der Waals surface area contributed by atoms with Crippen LogP contribution in [0.4, 0.5) is 0 Å². The minimum atomic E-state index is 0.667. The van der Waals surface area contributed by atoms with Crippen LogP contribution in [0.2, 0.25) is 0 Å². The lowest BCUT2D eigenvalue weighted by Crippen LogP contribution is -2.39. The van der Waals surface area contributed by atoms with Gasteiger partial charge in [0.05, 0.1) is 7.11 Å². The van der Waals surface area contributed by atoms with Gasteiger partial charge < -0.3 is 10.1 Å². The fourth-order valence-corrected chi connectivity index (χ4v) is 2.85.